The van der Waals surface area contributed by atoms with Gasteiger partial charge in [0.2, 0.25) is 17.7 Å². The third kappa shape index (κ3) is 6.45. The zero-order valence-corrected chi connectivity index (χ0v) is 16.2. The Labute approximate surface area is 167 Å². The van der Waals surface area contributed by atoms with Gasteiger partial charge in [0.25, 0.3) is 0 Å². The number of nitrogens with two attached hydrogens (primary N) is 1. The first-order valence-electron chi connectivity index (χ1n) is 9.37. The number of alkyl halides is 3. The predicted octanol–water partition coefficient (Wildman–Crippen LogP) is 1.69. The smallest absolute Gasteiger partial charge is 0.369 e. The Morgan fingerprint density at radius 2 is 1.93 bits per heavy atom. The molecule has 1 atom stereocenters. The molecule has 1 heterocycles. The van der Waals surface area contributed by atoms with Crippen LogP contribution in [-0.4, -0.2) is 60.2 Å². The monoisotopic (exact) mass is 414 g/mol. The summed E-state index contributed by atoms with van der Waals surface area (Å²) in [7, 11) is 0. The normalized spacial score (nSPS) is 17.3. The van der Waals surface area contributed by atoms with E-state index in [0.717, 1.165) is 6.07 Å². The van der Waals surface area contributed by atoms with E-state index in [1.807, 2.05) is 0 Å². The van der Waals surface area contributed by atoms with Crippen molar-refractivity contribution in [3.63, 3.8) is 0 Å². The molecule has 1 aromatic carbocycles. The standard InChI is InChI=1S/C19H25F3N4O3/c1-2-25(12-17(28)26-9-5-6-13(10-26)18(23)29)11-16(27)24-15-8-4-3-7-14(15)19(20,21)22/h3-4,7-8,13H,2,5-6,9-12H2,1H3,(H2,23,29)(H,24,27). The van der Waals surface area contributed by atoms with Gasteiger partial charge in [-0.05, 0) is 31.5 Å². The molecule has 10 heteroatoms. The summed E-state index contributed by atoms with van der Waals surface area (Å²) in [4.78, 5) is 39.2. The van der Waals surface area contributed by atoms with Crippen molar-refractivity contribution in [2.45, 2.75) is 25.9 Å². The largest absolute Gasteiger partial charge is 0.418 e. The highest BCUT2D eigenvalue weighted by atomic mass is 19.4. The molecule has 1 aliphatic heterocycles. The second-order valence-corrected chi connectivity index (χ2v) is 6.98. The predicted molar refractivity (Wildman–Crippen MR) is 101 cm³/mol. The number of likely N-dealkylation sites (tertiary alicyclic amines) is 1. The van der Waals surface area contributed by atoms with Gasteiger partial charge in [-0.2, -0.15) is 13.2 Å². The van der Waals surface area contributed by atoms with Gasteiger partial charge in [0.15, 0.2) is 0 Å². The summed E-state index contributed by atoms with van der Waals surface area (Å²) in [6, 6.07) is 4.72. The van der Waals surface area contributed by atoms with Crippen molar-refractivity contribution >= 4 is 23.4 Å². The van der Waals surface area contributed by atoms with E-state index in [-0.39, 0.29) is 37.1 Å². The van der Waals surface area contributed by atoms with Gasteiger partial charge in [0, 0.05) is 13.1 Å². The molecule has 1 aliphatic rings. The summed E-state index contributed by atoms with van der Waals surface area (Å²) >= 11 is 0. The van der Waals surface area contributed by atoms with Crippen LogP contribution in [-0.2, 0) is 20.6 Å². The van der Waals surface area contributed by atoms with Gasteiger partial charge in [-0.15, -0.1) is 0 Å². The van der Waals surface area contributed by atoms with Crippen molar-refractivity contribution in [1.29, 1.82) is 0 Å². The van der Waals surface area contributed by atoms with Gasteiger partial charge in [-0.1, -0.05) is 19.1 Å². The highest BCUT2D eigenvalue weighted by Crippen LogP contribution is 2.34. The Kier molecular flexibility index (Phi) is 7.60. The van der Waals surface area contributed by atoms with Crippen LogP contribution in [0.4, 0.5) is 18.9 Å². The Hall–Kier alpha value is -2.62. The lowest BCUT2D eigenvalue weighted by atomic mass is 9.97. The first-order chi connectivity index (χ1) is 13.6. The lowest BCUT2D eigenvalue weighted by Crippen LogP contribution is -2.48. The second kappa shape index (κ2) is 9.73. The first-order valence-corrected chi connectivity index (χ1v) is 9.37. The number of carbonyl (C=O) groups excluding carboxylic acids is 3. The van der Waals surface area contributed by atoms with E-state index in [1.165, 1.54) is 23.1 Å². The van der Waals surface area contributed by atoms with Crippen molar-refractivity contribution in [2.75, 3.05) is 38.0 Å². The highest BCUT2D eigenvalue weighted by Gasteiger charge is 2.33. The summed E-state index contributed by atoms with van der Waals surface area (Å²) < 4.78 is 39.1. The minimum Gasteiger partial charge on any atom is -0.369 e. The quantitative estimate of drug-likeness (QED) is 0.710. The molecule has 29 heavy (non-hydrogen) atoms. The summed E-state index contributed by atoms with van der Waals surface area (Å²) in [5.74, 6) is -1.73. The fraction of sp³-hybridized carbons (Fsp3) is 0.526. The van der Waals surface area contributed by atoms with Crippen molar-refractivity contribution in [3.05, 3.63) is 29.8 Å². The molecule has 160 valence electrons. The van der Waals surface area contributed by atoms with E-state index in [4.69, 9.17) is 5.73 Å². The number of anilines is 1. The zero-order chi connectivity index (χ0) is 21.6. The average molecular weight is 414 g/mol. The Balaban J connectivity index is 1.95. The molecule has 7 nitrogen and oxygen atoms in total. The van der Waals surface area contributed by atoms with Crippen LogP contribution in [0.1, 0.15) is 25.3 Å². The lowest BCUT2D eigenvalue weighted by molar-refractivity contribution is -0.137. The number of hydrogen-bond donors (Lipinski definition) is 2. The summed E-state index contributed by atoms with van der Waals surface area (Å²) in [6.45, 7) is 2.54. The topological polar surface area (TPSA) is 95.7 Å². The maximum Gasteiger partial charge on any atom is 0.418 e. The number of para-hydroxylation sites is 1. The number of piperidine rings is 1. The molecule has 3 amide bonds. The fourth-order valence-corrected chi connectivity index (χ4v) is 3.24. The van der Waals surface area contributed by atoms with E-state index in [2.05, 4.69) is 5.32 Å². The molecule has 1 unspecified atom stereocenters. The number of likely N-dealkylation sites (N-methyl/N-ethyl adjacent to an activating group) is 1. The summed E-state index contributed by atoms with van der Waals surface area (Å²) in [5, 5.41) is 2.27. The Morgan fingerprint density at radius 3 is 2.55 bits per heavy atom. The minimum atomic E-state index is -4.59. The first kappa shape index (κ1) is 22.7. The number of nitrogens with zero attached hydrogens (tertiary/aromatic N) is 2. The van der Waals surface area contributed by atoms with E-state index >= 15 is 0 Å². The van der Waals surface area contributed by atoms with Gasteiger partial charge in [-0.25, -0.2) is 0 Å². The number of primary amides is 1. The van der Waals surface area contributed by atoms with Crippen LogP contribution in [0.3, 0.4) is 0 Å². The zero-order valence-electron chi connectivity index (χ0n) is 16.2. The van der Waals surface area contributed by atoms with Gasteiger partial charge in [-0.3, -0.25) is 19.3 Å². The van der Waals surface area contributed by atoms with E-state index in [9.17, 15) is 27.6 Å². The molecule has 1 saturated heterocycles. The Morgan fingerprint density at radius 1 is 1.24 bits per heavy atom. The molecular formula is C19H25F3N4O3. The molecule has 0 aromatic heterocycles. The molecule has 0 radical (unpaired) electrons. The third-order valence-electron chi connectivity index (χ3n) is 4.86. The Bertz CT molecular complexity index is 754. The molecular weight excluding hydrogens is 389 g/mol. The SMILES string of the molecule is CCN(CC(=O)Nc1ccccc1C(F)(F)F)CC(=O)N1CCCC(C(N)=O)C1. The molecule has 0 aliphatic carbocycles. The molecule has 0 bridgehead atoms. The average Bonchev–Trinajstić information content (AvgIpc) is 2.67. The molecule has 0 saturated carbocycles. The van der Waals surface area contributed by atoms with Crippen LogP contribution in [0.15, 0.2) is 24.3 Å². The summed E-state index contributed by atoms with van der Waals surface area (Å²) in [6.07, 6.45) is -3.28. The maximum absolute atomic E-state index is 13.0. The third-order valence-corrected chi connectivity index (χ3v) is 4.86. The van der Waals surface area contributed by atoms with E-state index in [1.54, 1.807) is 11.8 Å². The number of carbonyl (C=O) groups is 3. The van der Waals surface area contributed by atoms with Crippen LogP contribution < -0.4 is 11.1 Å². The van der Waals surface area contributed by atoms with Crippen LogP contribution in [0.2, 0.25) is 0 Å². The van der Waals surface area contributed by atoms with Gasteiger partial charge < -0.3 is 16.0 Å². The van der Waals surface area contributed by atoms with E-state index in [0.29, 0.717) is 25.9 Å². The van der Waals surface area contributed by atoms with Crippen molar-refractivity contribution in [2.24, 2.45) is 11.7 Å². The number of benzene rings is 1. The number of rotatable bonds is 7. The number of nitrogens with one attached hydrogen (secondary N) is 1. The van der Waals surface area contributed by atoms with Gasteiger partial charge in [0.1, 0.15) is 0 Å². The molecule has 3 N–H and O–H groups in total. The fourth-order valence-electron chi connectivity index (χ4n) is 3.24. The van der Waals surface area contributed by atoms with Gasteiger partial charge in [0.05, 0.1) is 30.3 Å². The number of hydrogen-bond acceptors (Lipinski definition) is 4. The van der Waals surface area contributed by atoms with Crippen molar-refractivity contribution < 1.29 is 27.6 Å². The summed E-state index contributed by atoms with van der Waals surface area (Å²) in [5.41, 5.74) is 4.06. The number of amides is 3. The lowest BCUT2D eigenvalue weighted by Gasteiger charge is -2.32. The van der Waals surface area contributed by atoms with E-state index < -0.39 is 23.6 Å². The molecule has 2 rings (SSSR count). The second-order valence-electron chi connectivity index (χ2n) is 6.98. The molecule has 0 spiro atoms. The minimum absolute atomic E-state index is 0.0731. The van der Waals surface area contributed by atoms with Crippen LogP contribution in [0.5, 0.6) is 0 Å². The highest BCUT2D eigenvalue weighted by molar-refractivity contribution is 5.93. The van der Waals surface area contributed by atoms with Crippen molar-refractivity contribution in [1.82, 2.24) is 9.80 Å². The van der Waals surface area contributed by atoms with Crippen molar-refractivity contribution in [3.8, 4) is 0 Å². The van der Waals surface area contributed by atoms with Crippen LogP contribution in [0.25, 0.3) is 0 Å². The molecule has 1 aromatic rings. The van der Waals surface area contributed by atoms with Crippen LogP contribution >= 0.6 is 0 Å². The van der Waals surface area contributed by atoms with Gasteiger partial charge >= 0.3 is 6.18 Å². The molecule has 1 fully saturated rings. The van der Waals surface area contributed by atoms with Crippen LogP contribution in [0, 0.1) is 5.92 Å². The number of halogens is 3. The maximum atomic E-state index is 13.0.